The van der Waals surface area contributed by atoms with Crippen LogP contribution in [-0.4, -0.2) is 23.0 Å². The average molecular weight is 316 g/mol. The van der Waals surface area contributed by atoms with E-state index in [2.05, 4.69) is 10.3 Å². The van der Waals surface area contributed by atoms with Gasteiger partial charge >= 0.3 is 5.97 Å². The molecule has 6 heteroatoms. The Morgan fingerprint density at radius 3 is 2.48 bits per heavy atom. The third-order valence-corrected chi connectivity index (χ3v) is 3.37. The number of nitrogens with one attached hydrogen (secondary N) is 1. The zero-order chi connectivity index (χ0) is 17.0. The number of aromatic nitrogens is 1. The van der Waals surface area contributed by atoms with Gasteiger partial charge in [0.15, 0.2) is 11.9 Å². The van der Waals surface area contributed by atoms with Crippen molar-refractivity contribution in [2.45, 2.75) is 26.9 Å². The van der Waals surface area contributed by atoms with E-state index in [-0.39, 0.29) is 5.56 Å². The van der Waals surface area contributed by atoms with Gasteiger partial charge in [-0.25, -0.2) is 9.18 Å². The molecule has 1 amide bonds. The van der Waals surface area contributed by atoms with E-state index in [1.807, 2.05) is 32.0 Å². The van der Waals surface area contributed by atoms with Crippen molar-refractivity contribution in [1.82, 2.24) is 4.98 Å². The summed E-state index contributed by atoms with van der Waals surface area (Å²) in [5.74, 6) is -2.18. The summed E-state index contributed by atoms with van der Waals surface area (Å²) in [5.41, 5.74) is 2.22. The summed E-state index contributed by atoms with van der Waals surface area (Å²) < 4.78 is 18.5. The van der Waals surface area contributed by atoms with Crippen LogP contribution < -0.4 is 5.32 Å². The number of carbonyl (C=O) groups is 2. The monoisotopic (exact) mass is 316 g/mol. The number of pyridine rings is 1. The first-order chi connectivity index (χ1) is 10.9. The third kappa shape index (κ3) is 3.91. The summed E-state index contributed by atoms with van der Waals surface area (Å²) in [6.45, 7) is 5.16. The number of halogens is 1. The van der Waals surface area contributed by atoms with Crippen molar-refractivity contribution < 1.29 is 18.7 Å². The molecule has 0 spiro atoms. The Balaban J connectivity index is 2.06. The molecule has 0 aliphatic carbocycles. The maximum atomic E-state index is 13.5. The normalized spacial score (nSPS) is 11.7. The van der Waals surface area contributed by atoms with Gasteiger partial charge in [-0.3, -0.25) is 9.78 Å². The lowest BCUT2D eigenvalue weighted by atomic mass is 10.1. The quantitative estimate of drug-likeness (QED) is 0.880. The van der Waals surface area contributed by atoms with E-state index >= 15 is 0 Å². The van der Waals surface area contributed by atoms with Crippen LogP contribution >= 0.6 is 0 Å². The van der Waals surface area contributed by atoms with Gasteiger partial charge in [0.1, 0.15) is 0 Å². The van der Waals surface area contributed by atoms with Crippen molar-refractivity contribution in [3.8, 4) is 0 Å². The number of hydrogen-bond acceptors (Lipinski definition) is 4. The molecule has 0 bridgehead atoms. The number of amides is 1. The predicted molar refractivity (Wildman–Crippen MR) is 83.6 cm³/mol. The van der Waals surface area contributed by atoms with E-state index < -0.39 is 23.8 Å². The molecule has 5 nitrogen and oxygen atoms in total. The van der Waals surface area contributed by atoms with Crippen molar-refractivity contribution in [1.29, 1.82) is 0 Å². The summed E-state index contributed by atoms with van der Waals surface area (Å²) >= 11 is 0. The van der Waals surface area contributed by atoms with Crippen molar-refractivity contribution in [3.05, 3.63) is 59.2 Å². The lowest BCUT2D eigenvalue weighted by molar-refractivity contribution is -0.123. The van der Waals surface area contributed by atoms with E-state index in [0.717, 1.165) is 17.3 Å². The third-order valence-electron chi connectivity index (χ3n) is 3.37. The number of ether oxygens (including phenoxy) is 1. The largest absolute Gasteiger partial charge is 0.449 e. The maximum absolute atomic E-state index is 13.5. The van der Waals surface area contributed by atoms with Gasteiger partial charge in [0, 0.05) is 11.9 Å². The Morgan fingerprint density at radius 2 is 1.87 bits per heavy atom. The van der Waals surface area contributed by atoms with Gasteiger partial charge in [0.05, 0.1) is 11.8 Å². The highest BCUT2D eigenvalue weighted by atomic mass is 19.1. The Labute approximate surface area is 133 Å². The fraction of sp³-hybridized carbons (Fsp3) is 0.235. The molecule has 2 rings (SSSR count). The molecule has 2 aromatic rings. The van der Waals surface area contributed by atoms with Gasteiger partial charge in [-0.1, -0.05) is 18.2 Å². The van der Waals surface area contributed by atoms with Crippen molar-refractivity contribution in [2.24, 2.45) is 0 Å². The average Bonchev–Trinajstić information content (AvgIpc) is 2.51. The van der Waals surface area contributed by atoms with Gasteiger partial charge in [0.2, 0.25) is 0 Å². The fourth-order valence-corrected chi connectivity index (χ4v) is 2.05. The van der Waals surface area contributed by atoms with Crippen LogP contribution in [0.15, 0.2) is 36.7 Å². The summed E-state index contributed by atoms with van der Waals surface area (Å²) in [6, 6.07) is 6.82. The number of anilines is 1. The molecule has 0 radical (unpaired) electrons. The lowest BCUT2D eigenvalue weighted by Crippen LogP contribution is -2.30. The number of benzene rings is 1. The van der Waals surface area contributed by atoms with Gasteiger partial charge in [-0.2, -0.15) is 0 Å². The predicted octanol–water partition coefficient (Wildman–Crippen LogP) is 3.02. The van der Waals surface area contributed by atoms with E-state index in [0.29, 0.717) is 5.69 Å². The Bertz CT molecular complexity index is 726. The van der Waals surface area contributed by atoms with E-state index in [9.17, 15) is 14.0 Å². The van der Waals surface area contributed by atoms with Crippen LogP contribution in [0.5, 0.6) is 0 Å². The highest BCUT2D eigenvalue weighted by Gasteiger charge is 2.21. The minimum Gasteiger partial charge on any atom is -0.449 e. The molecule has 0 saturated carbocycles. The lowest BCUT2D eigenvalue weighted by Gasteiger charge is -2.16. The topological polar surface area (TPSA) is 68.3 Å². The molecule has 0 unspecified atom stereocenters. The Morgan fingerprint density at radius 1 is 1.22 bits per heavy atom. The standard InChI is InChI=1S/C17H17FN2O3/c1-10-5-4-6-11(2)15(10)20-16(21)12(3)23-17(22)13-7-8-19-9-14(13)18/h4-9,12H,1-3H3,(H,20,21)/t12-/m0/s1. The molecule has 0 fully saturated rings. The van der Waals surface area contributed by atoms with Crippen molar-refractivity contribution in [3.63, 3.8) is 0 Å². The number of carbonyl (C=O) groups excluding carboxylic acids is 2. The van der Waals surface area contributed by atoms with Gasteiger partial charge in [-0.05, 0) is 38.0 Å². The minimum atomic E-state index is -1.06. The molecule has 1 aromatic heterocycles. The number of rotatable bonds is 4. The minimum absolute atomic E-state index is 0.258. The number of nitrogens with zero attached hydrogens (tertiary/aromatic N) is 1. The first kappa shape index (κ1) is 16.6. The molecule has 0 saturated heterocycles. The van der Waals surface area contributed by atoms with Crippen molar-refractivity contribution >= 4 is 17.6 Å². The van der Waals surface area contributed by atoms with Crippen LogP contribution in [0.1, 0.15) is 28.4 Å². The zero-order valence-corrected chi connectivity index (χ0v) is 13.1. The van der Waals surface area contributed by atoms with Gasteiger partial charge < -0.3 is 10.1 Å². The van der Waals surface area contributed by atoms with Crippen molar-refractivity contribution in [2.75, 3.05) is 5.32 Å². The molecular formula is C17H17FN2O3. The van der Waals surface area contributed by atoms with Crippen LogP contribution in [0.4, 0.5) is 10.1 Å². The smallest absolute Gasteiger partial charge is 0.342 e. The summed E-state index contributed by atoms with van der Waals surface area (Å²) in [4.78, 5) is 27.6. The highest BCUT2D eigenvalue weighted by Crippen LogP contribution is 2.20. The van der Waals surface area contributed by atoms with Crippen LogP contribution in [0.2, 0.25) is 0 Å². The van der Waals surface area contributed by atoms with E-state index in [1.54, 1.807) is 0 Å². The number of aryl methyl sites for hydroxylation is 2. The SMILES string of the molecule is Cc1cccc(C)c1NC(=O)[C@H](C)OC(=O)c1ccncc1F. The highest BCUT2D eigenvalue weighted by molar-refractivity contribution is 5.98. The first-order valence-electron chi connectivity index (χ1n) is 7.07. The summed E-state index contributed by atoms with van der Waals surface area (Å²) in [7, 11) is 0. The second-order valence-electron chi connectivity index (χ2n) is 5.16. The number of esters is 1. The number of hydrogen-bond donors (Lipinski definition) is 1. The molecular weight excluding hydrogens is 299 g/mol. The van der Waals surface area contributed by atoms with Crippen LogP contribution in [0, 0.1) is 19.7 Å². The second-order valence-corrected chi connectivity index (χ2v) is 5.16. The van der Waals surface area contributed by atoms with Crippen LogP contribution in [0.25, 0.3) is 0 Å². The first-order valence-corrected chi connectivity index (χ1v) is 7.07. The molecule has 1 aromatic carbocycles. The van der Waals surface area contributed by atoms with E-state index in [4.69, 9.17) is 4.74 Å². The molecule has 1 atom stereocenters. The molecule has 1 N–H and O–H groups in total. The second kappa shape index (κ2) is 7.00. The molecule has 23 heavy (non-hydrogen) atoms. The maximum Gasteiger partial charge on any atom is 0.342 e. The van der Waals surface area contributed by atoms with Crippen LogP contribution in [-0.2, 0) is 9.53 Å². The van der Waals surface area contributed by atoms with Gasteiger partial charge in [-0.15, -0.1) is 0 Å². The zero-order valence-electron chi connectivity index (χ0n) is 13.1. The fourth-order valence-electron chi connectivity index (χ4n) is 2.05. The van der Waals surface area contributed by atoms with Gasteiger partial charge in [0.25, 0.3) is 5.91 Å². The van der Waals surface area contributed by atoms with E-state index in [1.165, 1.54) is 19.2 Å². The summed E-state index contributed by atoms with van der Waals surface area (Å²) in [6.07, 6.45) is 1.13. The molecule has 1 heterocycles. The number of para-hydroxylation sites is 1. The molecule has 120 valence electrons. The summed E-state index contributed by atoms with van der Waals surface area (Å²) in [5, 5.41) is 2.73. The molecule has 0 aliphatic rings. The van der Waals surface area contributed by atoms with Crippen LogP contribution in [0.3, 0.4) is 0 Å². The Kier molecular flexibility index (Phi) is 5.05. The Hall–Kier alpha value is -2.76. The molecule has 0 aliphatic heterocycles.